The molecule has 3 heteroatoms. The number of carbonyl (C=O) groups is 1. The van der Waals surface area contributed by atoms with Gasteiger partial charge in [0, 0.05) is 24.8 Å². The first-order valence-corrected chi connectivity index (χ1v) is 8.80. The Balaban J connectivity index is 1.73. The number of nitrogens with zero attached hydrogens (tertiary/aromatic N) is 1. The smallest absolute Gasteiger partial charge is 0.228 e. The Morgan fingerprint density at radius 1 is 1.17 bits per heavy atom. The highest BCUT2D eigenvalue weighted by atomic mass is 16.1. The van der Waals surface area contributed by atoms with Crippen molar-refractivity contribution in [3.63, 3.8) is 0 Å². The number of nitrogens with two attached hydrogens (primary N) is 1. The van der Waals surface area contributed by atoms with E-state index in [1.165, 1.54) is 16.7 Å². The zero-order valence-corrected chi connectivity index (χ0v) is 14.2. The minimum Gasteiger partial charge on any atom is -0.369 e. The standard InChI is InChI=1S/C21H24N2O/c1-23(15-16-7-3-2-4-8-16)12-11-21(20(22)24)14-18(23)13-17-9-5-6-10-19(17)21/h2-10,18H,11-15H2,1H3,(H-,22,24)/p+1/t18-,21+,23?/m0/s1. The summed E-state index contributed by atoms with van der Waals surface area (Å²) in [6, 6.07) is 19.5. The van der Waals surface area contributed by atoms with Crippen LogP contribution in [0.4, 0.5) is 0 Å². The third-order valence-electron chi connectivity index (χ3n) is 6.36. The molecule has 1 aliphatic heterocycles. The summed E-state index contributed by atoms with van der Waals surface area (Å²) in [5.74, 6) is -0.148. The molecule has 24 heavy (non-hydrogen) atoms. The van der Waals surface area contributed by atoms with E-state index < -0.39 is 5.41 Å². The molecular formula is C21H25N2O+. The Labute approximate surface area is 143 Å². The van der Waals surface area contributed by atoms with Gasteiger partial charge in [0.25, 0.3) is 0 Å². The average molecular weight is 321 g/mol. The molecule has 2 aliphatic rings. The Morgan fingerprint density at radius 3 is 2.62 bits per heavy atom. The number of amides is 1. The number of hydrogen-bond donors (Lipinski definition) is 1. The van der Waals surface area contributed by atoms with Crippen molar-refractivity contribution < 1.29 is 9.28 Å². The van der Waals surface area contributed by atoms with Gasteiger partial charge in [-0.15, -0.1) is 0 Å². The fourth-order valence-electron chi connectivity index (χ4n) is 4.87. The molecule has 0 saturated carbocycles. The molecule has 4 rings (SSSR count). The summed E-state index contributed by atoms with van der Waals surface area (Å²) in [7, 11) is 2.34. The lowest BCUT2D eigenvalue weighted by Crippen LogP contribution is -2.65. The monoisotopic (exact) mass is 321 g/mol. The van der Waals surface area contributed by atoms with Crippen LogP contribution in [0.25, 0.3) is 0 Å². The van der Waals surface area contributed by atoms with E-state index in [4.69, 9.17) is 5.73 Å². The van der Waals surface area contributed by atoms with Crippen LogP contribution < -0.4 is 5.73 Å². The van der Waals surface area contributed by atoms with Crippen LogP contribution in [-0.2, 0) is 23.2 Å². The number of rotatable bonds is 3. The maximum Gasteiger partial charge on any atom is 0.228 e. The molecule has 1 unspecified atom stereocenters. The van der Waals surface area contributed by atoms with Crippen molar-refractivity contribution in [3.05, 3.63) is 71.3 Å². The largest absolute Gasteiger partial charge is 0.369 e. The molecule has 2 aromatic rings. The van der Waals surface area contributed by atoms with Crippen LogP contribution in [0.3, 0.4) is 0 Å². The topological polar surface area (TPSA) is 43.1 Å². The molecule has 3 atom stereocenters. The van der Waals surface area contributed by atoms with Crippen LogP contribution >= 0.6 is 0 Å². The molecule has 1 saturated heterocycles. The normalized spacial score (nSPS) is 31.3. The van der Waals surface area contributed by atoms with Crippen molar-refractivity contribution in [2.75, 3.05) is 13.6 Å². The summed E-state index contributed by atoms with van der Waals surface area (Å²) in [5, 5.41) is 0. The van der Waals surface area contributed by atoms with E-state index >= 15 is 0 Å². The van der Waals surface area contributed by atoms with Crippen molar-refractivity contribution in [2.45, 2.75) is 37.3 Å². The maximum absolute atomic E-state index is 12.4. The summed E-state index contributed by atoms with van der Waals surface area (Å²) >= 11 is 0. The second kappa shape index (κ2) is 5.45. The molecule has 2 aromatic carbocycles. The molecule has 0 radical (unpaired) electrons. The quantitative estimate of drug-likeness (QED) is 0.868. The van der Waals surface area contributed by atoms with Crippen molar-refractivity contribution >= 4 is 5.91 Å². The van der Waals surface area contributed by atoms with E-state index in [-0.39, 0.29) is 5.91 Å². The zero-order chi connectivity index (χ0) is 16.8. The molecule has 3 nitrogen and oxygen atoms in total. The number of benzene rings is 2. The van der Waals surface area contributed by atoms with Crippen molar-refractivity contribution in [2.24, 2.45) is 5.73 Å². The van der Waals surface area contributed by atoms with E-state index in [2.05, 4.69) is 55.6 Å². The van der Waals surface area contributed by atoms with Gasteiger partial charge >= 0.3 is 0 Å². The summed E-state index contributed by atoms with van der Waals surface area (Å²) in [4.78, 5) is 12.4. The van der Waals surface area contributed by atoms with Crippen LogP contribution in [0, 0.1) is 0 Å². The van der Waals surface area contributed by atoms with Crippen molar-refractivity contribution in [1.82, 2.24) is 0 Å². The number of carbonyl (C=O) groups excluding carboxylic acids is 1. The Hall–Kier alpha value is -2.13. The average Bonchev–Trinajstić information content (AvgIpc) is 2.59. The van der Waals surface area contributed by atoms with Gasteiger partial charge in [0.1, 0.15) is 6.54 Å². The Morgan fingerprint density at radius 2 is 1.88 bits per heavy atom. The van der Waals surface area contributed by atoms with E-state index in [0.29, 0.717) is 6.04 Å². The zero-order valence-electron chi connectivity index (χ0n) is 14.2. The lowest BCUT2D eigenvalue weighted by molar-refractivity contribution is -0.952. The van der Waals surface area contributed by atoms with Crippen LogP contribution in [0.1, 0.15) is 29.5 Å². The van der Waals surface area contributed by atoms with Crippen molar-refractivity contribution in [1.29, 1.82) is 0 Å². The number of hydrogen-bond acceptors (Lipinski definition) is 1. The summed E-state index contributed by atoms with van der Waals surface area (Å²) < 4.78 is 0.993. The number of fused-ring (bicyclic) bond motifs is 4. The molecule has 2 N–H and O–H groups in total. The van der Waals surface area contributed by atoms with Crippen LogP contribution in [0.5, 0.6) is 0 Å². The first kappa shape index (κ1) is 15.4. The SMILES string of the molecule is C[N+]1(Cc2ccccc2)CC[C@@]2(C(N)=O)C[C@@H]1Cc1ccccc12. The van der Waals surface area contributed by atoms with Gasteiger partial charge in [0.15, 0.2) is 0 Å². The first-order valence-electron chi connectivity index (χ1n) is 8.80. The lowest BCUT2D eigenvalue weighted by Gasteiger charge is -2.54. The number of quaternary nitrogens is 1. The van der Waals surface area contributed by atoms with E-state index in [1.807, 2.05) is 6.07 Å². The third kappa shape index (κ3) is 2.27. The van der Waals surface area contributed by atoms with Gasteiger partial charge < -0.3 is 10.2 Å². The van der Waals surface area contributed by atoms with Gasteiger partial charge in [-0.05, 0) is 11.1 Å². The van der Waals surface area contributed by atoms with Gasteiger partial charge in [-0.25, -0.2) is 0 Å². The molecule has 124 valence electrons. The summed E-state index contributed by atoms with van der Waals surface area (Å²) in [5.41, 5.74) is 9.31. The number of primary amides is 1. The third-order valence-corrected chi connectivity index (χ3v) is 6.36. The lowest BCUT2D eigenvalue weighted by atomic mass is 9.62. The van der Waals surface area contributed by atoms with Gasteiger partial charge in [-0.3, -0.25) is 4.79 Å². The fraction of sp³-hybridized carbons (Fsp3) is 0.381. The number of likely N-dealkylation sites (N-methyl/N-ethyl adjacent to an activating group) is 1. The van der Waals surface area contributed by atoms with Crippen LogP contribution in [0.15, 0.2) is 54.6 Å². The highest BCUT2D eigenvalue weighted by molar-refractivity contribution is 5.87. The highest BCUT2D eigenvalue weighted by Crippen LogP contribution is 2.47. The van der Waals surface area contributed by atoms with E-state index in [0.717, 1.165) is 36.8 Å². The minimum absolute atomic E-state index is 0.148. The van der Waals surface area contributed by atoms with E-state index in [9.17, 15) is 4.79 Å². The molecule has 2 bridgehead atoms. The molecule has 0 aromatic heterocycles. The number of piperidine rings is 1. The molecule has 1 aliphatic carbocycles. The molecule has 1 heterocycles. The molecule has 1 amide bonds. The summed E-state index contributed by atoms with van der Waals surface area (Å²) in [6.07, 6.45) is 2.76. The van der Waals surface area contributed by atoms with Crippen molar-refractivity contribution in [3.8, 4) is 0 Å². The van der Waals surface area contributed by atoms with Gasteiger partial charge in [-0.1, -0.05) is 54.6 Å². The maximum atomic E-state index is 12.4. The molecule has 1 fully saturated rings. The second-order valence-electron chi connectivity index (χ2n) is 7.76. The molecular weight excluding hydrogens is 296 g/mol. The van der Waals surface area contributed by atoms with E-state index in [1.54, 1.807) is 0 Å². The van der Waals surface area contributed by atoms with Crippen LogP contribution in [0.2, 0.25) is 0 Å². The summed E-state index contributed by atoms with van der Waals surface area (Å²) in [6.45, 7) is 2.01. The Kier molecular flexibility index (Phi) is 3.50. The van der Waals surface area contributed by atoms with Gasteiger partial charge in [-0.2, -0.15) is 0 Å². The second-order valence-corrected chi connectivity index (χ2v) is 7.76. The fourth-order valence-corrected chi connectivity index (χ4v) is 4.87. The number of likely N-dealkylation sites (tertiary alicyclic amines) is 1. The van der Waals surface area contributed by atoms with Gasteiger partial charge in [0.2, 0.25) is 5.91 Å². The first-order chi connectivity index (χ1) is 11.5. The molecule has 0 spiro atoms. The van der Waals surface area contributed by atoms with Crippen LogP contribution in [-0.4, -0.2) is 30.0 Å². The minimum atomic E-state index is -0.464. The van der Waals surface area contributed by atoms with Gasteiger partial charge in [0.05, 0.1) is 25.0 Å². The Bertz CT molecular complexity index is 772. The predicted molar refractivity (Wildman–Crippen MR) is 95.2 cm³/mol. The predicted octanol–water partition coefficient (Wildman–Crippen LogP) is 2.78. The highest BCUT2D eigenvalue weighted by Gasteiger charge is 2.54.